The molecule has 0 radical (unpaired) electrons. The molecule has 172 valence electrons. The predicted molar refractivity (Wildman–Crippen MR) is 125 cm³/mol. The van der Waals surface area contributed by atoms with Gasteiger partial charge in [0, 0.05) is 26.3 Å². The lowest BCUT2D eigenvalue weighted by atomic mass is 10.1. The molecular weight excluding hydrogens is 406 g/mol. The van der Waals surface area contributed by atoms with Crippen molar-refractivity contribution < 1.29 is 4.74 Å². The van der Waals surface area contributed by atoms with Gasteiger partial charge in [0.1, 0.15) is 5.35 Å². The molecule has 0 saturated carbocycles. The van der Waals surface area contributed by atoms with E-state index in [-0.39, 0.29) is 0 Å². The normalized spacial score (nSPS) is 20.8. The molecule has 1 fully saturated rings. The number of hydrogen-bond donors (Lipinski definition) is 1. The highest BCUT2D eigenvalue weighted by molar-refractivity contribution is 5.30. The van der Waals surface area contributed by atoms with Crippen molar-refractivity contribution in [2.45, 2.75) is 51.9 Å². The molecule has 1 unspecified atom stereocenters. The number of nitrogens with zero attached hydrogens (tertiary/aromatic N) is 4. The van der Waals surface area contributed by atoms with E-state index in [4.69, 9.17) is 4.74 Å². The highest BCUT2D eigenvalue weighted by atomic mass is 16.5. The van der Waals surface area contributed by atoms with E-state index >= 15 is 0 Å². The van der Waals surface area contributed by atoms with Gasteiger partial charge in [-0.2, -0.15) is 0 Å². The fourth-order valence-electron chi connectivity index (χ4n) is 4.36. The third-order valence-electron chi connectivity index (χ3n) is 6.08. The standard InChI is InChI=1S/C24H33N5O3/c1-3-4-13-32-24-26-21-20(17-27(24)2)25-22(30)23(31)29(21)16-19-10-6-5-9-18(14-19)15-28-11-7-8-12-28/h5-6,9-10,17,24H,3-4,7-8,11-16H2,1-2H3,(H,25,30). The maximum Gasteiger partial charge on any atom is 0.318 e. The minimum atomic E-state index is -0.633. The quantitative estimate of drug-likeness (QED) is 0.480. The van der Waals surface area contributed by atoms with Gasteiger partial charge in [-0.1, -0.05) is 43.2 Å². The second-order valence-electron chi connectivity index (χ2n) is 8.75. The van der Waals surface area contributed by atoms with Gasteiger partial charge in [-0.05, 0) is 44.3 Å². The Hall–Kier alpha value is -2.71. The average molecular weight is 440 g/mol. The van der Waals surface area contributed by atoms with Crippen LogP contribution < -0.4 is 22.0 Å². The number of unbranched alkanes of at least 4 members (excludes halogenated alkanes) is 1. The topological polar surface area (TPSA) is 82.9 Å². The summed E-state index contributed by atoms with van der Waals surface area (Å²) in [4.78, 5) is 36.8. The number of nitrogens with one attached hydrogen (secondary N) is 1. The maximum atomic E-state index is 12.8. The number of H-pyrrole nitrogens is 1. The smallest absolute Gasteiger partial charge is 0.318 e. The summed E-state index contributed by atoms with van der Waals surface area (Å²) in [6, 6.07) is 0. The van der Waals surface area contributed by atoms with Gasteiger partial charge in [0.15, 0.2) is 5.49 Å². The van der Waals surface area contributed by atoms with Crippen LogP contribution in [0.15, 0.2) is 50.0 Å². The zero-order valence-corrected chi connectivity index (χ0v) is 19.0. The summed E-state index contributed by atoms with van der Waals surface area (Å²) >= 11 is 0. The van der Waals surface area contributed by atoms with Crippen molar-refractivity contribution in [1.82, 2.24) is 19.4 Å². The largest absolute Gasteiger partial charge is 0.339 e. The van der Waals surface area contributed by atoms with Crippen LogP contribution in [0.4, 0.5) is 0 Å². The summed E-state index contributed by atoms with van der Waals surface area (Å²) in [7, 11) is 1.85. The first-order valence-electron chi connectivity index (χ1n) is 11.6. The molecule has 0 amide bonds. The molecular formula is C24H33N5O3. The molecule has 0 bridgehead atoms. The van der Waals surface area contributed by atoms with Gasteiger partial charge in [0.2, 0.25) is 6.35 Å². The Morgan fingerprint density at radius 1 is 1.12 bits per heavy atom. The molecule has 1 saturated heterocycles. The second kappa shape index (κ2) is 10.3. The van der Waals surface area contributed by atoms with Crippen LogP contribution in [0.1, 0.15) is 39.0 Å². The third kappa shape index (κ3) is 5.19. The van der Waals surface area contributed by atoms with Gasteiger partial charge in [0.25, 0.3) is 0 Å². The van der Waals surface area contributed by atoms with E-state index in [0.29, 0.717) is 24.0 Å². The summed E-state index contributed by atoms with van der Waals surface area (Å²) in [5.74, 6) is 0. The molecule has 0 aromatic carbocycles. The molecule has 1 aromatic heterocycles. The molecule has 1 aliphatic carbocycles. The number of hydrogen-bond acceptors (Lipinski definition) is 6. The lowest BCUT2D eigenvalue weighted by Crippen LogP contribution is -2.57. The van der Waals surface area contributed by atoms with Gasteiger partial charge in [-0.15, -0.1) is 0 Å². The van der Waals surface area contributed by atoms with Gasteiger partial charge >= 0.3 is 11.1 Å². The number of allylic oxidation sites excluding steroid dienone is 5. The van der Waals surface area contributed by atoms with Gasteiger partial charge in [-0.25, -0.2) is 4.99 Å². The third-order valence-corrected chi connectivity index (χ3v) is 6.08. The van der Waals surface area contributed by atoms with Gasteiger partial charge < -0.3 is 14.6 Å². The van der Waals surface area contributed by atoms with Crippen molar-refractivity contribution in [3.05, 3.63) is 67.0 Å². The summed E-state index contributed by atoms with van der Waals surface area (Å²) in [5.41, 5.74) is 1.65. The molecule has 1 aromatic rings. The van der Waals surface area contributed by atoms with E-state index in [1.807, 2.05) is 24.1 Å². The van der Waals surface area contributed by atoms with Crippen molar-refractivity contribution in [1.29, 1.82) is 0 Å². The van der Waals surface area contributed by atoms with Crippen molar-refractivity contribution in [3.63, 3.8) is 0 Å². The lowest BCUT2D eigenvalue weighted by Gasteiger charge is -2.26. The molecule has 8 nitrogen and oxygen atoms in total. The van der Waals surface area contributed by atoms with E-state index < -0.39 is 17.5 Å². The van der Waals surface area contributed by atoms with Crippen LogP contribution in [0.25, 0.3) is 6.20 Å². The highest BCUT2D eigenvalue weighted by Crippen LogP contribution is 2.19. The lowest BCUT2D eigenvalue weighted by molar-refractivity contribution is -0.0188. The predicted octanol–water partition coefficient (Wildman–Crippen LogP) is 0.848. The van der Waals surface area contributed by atoms with Gasteiger partial charge in [-0.3, -0.25) is 19.1 Å². The Bertz CT molecular complexity index is 1150. The molecule has 8 heteroatoms. The van der Waals surface area contributed by atoms with Crippen LogP contribution in [-0.4, -0.2) is 59.0 Å². The number of fused-ring (bicyclic) bond motifs is 1. The zero-order chi connectivity index (χ0) is 22.5. The summed E-state index contributed by atoms with van der Waals surface area (Å²) in [6.45, 7) is 6.25. The Labute approximate surface area is 187 Å². The van der Waals surface area contributed by atoms with E-state index in [1.165, 1.54) is 23.0 Å². The first kappa shape index (κ1) is 22.5. The molecule has 3 aliphatic rings. The van der Waals surface area contributed by atoms with Crippen molar-refractivity contribution in [2.75, 3.05) is 33.3 Å². The van der Waals surface area contributed by atoms with Crippen LogP contribution in [0.3, 0.4) is 0 Å². The minimum absolute atomic E-state index is 0.329. The van der Waals surface area contributed by atoms with E-state index in [1.54, 1.807) is 6.20 Å². The second-order valence-corrected chi connectivity index (χ2v) is 8.75. The molecule has 1 N–H and O–H groups in total. The molecule has 2 aliphatic heterocycles. The summed E-state index contributed by atoms with van der Waals surface area (Å²) in [6.07, 6.45) is 14.8. The van der Waals surface area contributed by atoms with Crippen molar-refractivity contribution >= 4 is 6.20 Å². The number of aromatic nitrogens is 2. The number of ether oxygens (including phenoxy) is 1. The Kier molecular flexibility index (Phi) is 7.22. The molecule has 3 heterocycles. The number of aromatic amines is 1. The fourth-order valence-corrected chi connectivity index (χ4v) is 4.36. The number of rotatable bonds is 8. The Balaban J connectivity index is 1.62. The minimum Gasteiger partial charge on any atom is -0.339 e. The van der Waals surface area contributed by atoms with Crippen molar-refractivity contribution in [2.24, 2.45) is 4.99 Å². The molecule has 4 rings (SSSR count). The highest BCUT2D eigenvalue weighted by Gasteiger charge is 2.19. The van der Waals surface area contributed by atoms with E-state index in [0.717, 1.165) is 44.5 Å². The van der Waals surface area contributed by atoms with E-state index in [9.17, 15) is 9.59 Å². The van der Waals surface area contributed by atoms with Crippen LogP contribution in [0, 0.1) is 0 Å². The van der Waals surface area contributed by atoms with E-state index in [2.05, 4.69) is 34.0 Å². The Morgan fingerprint density at radius 2 is 1.84 bits per heavy atom. The first-order valence-corrected chi connectivity index (χ1v) is 11.6. The number of likely N-dealkylation sites (tertiary alicyclic amines) is 1. The molecule has 0 spiro atoms. The molecule has 32 heavy (non-hydrogen) atoms. The van der Waals surface area contributed by atoms with Crippen LogP contribution >= 0.6 is 0 Å². The summed E-state index contributed by atoms with van der Waals surface area (Å²) < 4.78 is 7.39. The maximum absolute atomic E-state index is 12.8. The van der Waals surface area contributed by atoms with Crippen LogP contribution in [0.2, 0.25) is 0 Å². The fraction of sp³-hybridized carbons (Fsp3) is 0.542. The summed E-state index contributed by atoms with van der Waals surface area (Å²) in [5, 5.41) is 0.532. The van der Waals surface area contributed by atoms with Crippen LogP contribution in [0.5, 0.6) is 0 Å². The Morgan fingerprint density at radius 3 is 2.56 bits per heavy atom. The van der Waals surface area contributed by atoms with Crippen LogP contribution in [-0.2, 0) is 11.3 Å². The van der Waals surface area contributed by atoms with Crippen molar-refractivity contribution in [3.8, 4) is 0 Å². The first-order chi connectivity index (χ1) is 15.5. The SMILES string of the molecule is CCCCOC1N=c2c([nH]c(=O)c(=O)n2CC2=CC=CC=C(CN3CCCC3)C2)=CN1C. The van der Waals surface area contributed by atoms with Gasteiger partial charge in [0.05, 0.1) is 6.61 Å². The monoisotopic (exact) mass is 439 g/mol. The zero-order valence-electron chi connectivity index (χ0n) is 19.0. The molecule has 1 atom stereocenters. The average Bonchev–Trinajstić information content (AvgIpc) is 3.18.